The van der Waals surface area contributed by atoms with Crippen LogP contribution in [-0.4, -0.2) is 60.8 Å². The summed E-state index contributed by atoms with van der Waals surface area (Å²) in [5.41, 5.74) is 0.488. The molecule has 0 spiro atoms. The van der Waals surface area contributed by atoms with Crippen LogP contribution < -0.4 is 16.0 Å². The molecule has 1 aromatic carbocycles. The zero-order valence-electron chi connectivity index (χ0n) is 14.8. The van der Waals surface area contributed by atoms with E-state index < -0.39 is 43.2 Å². The number of likely N-dealkylation sites (N-methyl/N-ethyl adjacent to an activating group) is 1. The number of nitrogens with one attached hydrogen (secondary N) is 3. The summed E-state index contributed by atoms with van der Waals surface area (Å²) in [6, 6.07) is 6.92. The van der Waals surface area contributed by atoms with Crippen LogP contribution >= 0.6 is 0 Å². The zero-order chi connectivity index (χ0) is 20.9. The van der Waals surface area contributed by atoms with Crippen molar-refractivity contribution in [1.82, 2.24) is 20.9 Å². The topological polar surface area (TPSA) is 111 Å². The Morgan fingerprint density at radius 2 is 1.89 bits per heavy atom. The van der Waals surface area contributed by atoms with Crippen molar-refractivity contribution in [2.24, 2.45) is 0 Å². The Balaban J connectivity index is 2.17. The van der Waals surface area contributed by atoms with Crippen LogP contribution in [0.4, 0.5) is 18.0 Å². The molecule has 0 fully saturated rings. The fourth-order valence-corrected chi connectivity index (χ4v) is 2.72. The summed E-state index contributed by atoms with van der Waals surface area (Å²) < 4.78 is 36.5. The Hall–Kier alpha value is -3.08. The number of urea groups is 1. The van der Waals surface area contributed by atoms with Crippen LogP contribution in [0.3, 0.4) is 0 Å². The quantitative estimate of drug-likeness (QED) is 0.546. The standard InChI is InChI=1S/C17H19F3N4O4/c1-24(8-12(25)21-9-17(18,19)20)7-11-13(15(26)27)14(23-16(28)22-11)10-5-3-2-4-6-10/h2-6,14H,7-9H2,1H3,(H,21,25)(H,26,27)(H2,22,23,28). The number of alkyl halides is 3. The van der Waals surface area contributed by atoms with Gasteiger partial charge in [0, 0.05) is 12.2 Å². The highest BCUT2D eigenvalue weighted by Crippen LogP contribution is 2.27. The first-order chi connectivity index (χ1) is 13.1. The first-order valence-electron chi connectivity index (χ1n) is 8.17. The molecule has 0 aliphatic carbocycles. The predicted octanol–water partition coefficient (Wildman–Crippen LogP) is 0.989. The number of hydrogen-bond acceptors (Lipinski definition) is 4. The van der Waals surface area contributed by atoms with E-state index in [9.17, 15) is 32.7 Å². The van der Waals surface area contributed by atoms with Crippen LogP contribution in [0.25, 0.3) is 0 Å². The molecule has 0 aromatic heterocycles. The minimum atomic E-state index is -4.53. The van der Waals surface area contributed by atoms with Gasteiger partial charge in [0.1, 0.15) is 6.54 Å². The van der Waals surface area contributed by atoms with E-state index in [1.165, 1.54) is 11.9 Å². The number of carboxylic acid groups (broad SMARTS) is 1. The van der Waals surface area contributed by atoms with Crippen molar-refractivity contribution < 1.29 is 32.7 Å². The van der Waals surface area contributed by atoms with Gasteiger partial charge in [-0.25, -0.2) is 9.59 Å². The maximum Gasteiger partial charge on any atom is 0.405 e. The number of rotatable bonds is 7. The van der Waals surface area contributed by atoms with Crippen LogP contribution in [0.15, 0.2) is 41.6 Å². The fourth-order valence-electron chi connectivity index (χ4n) is 2.72. The van der Waals surface area contributed by atoms with Crippen molar-refractivity contribution in [2.45, 2.75) is 12.2 Å². The van der Waals surface area contributed by atoms with Crippen LogP contribution in [0, 0.1) is 0 Å². The highest BCUT2D eigenvalue weighted by atomic mass is 19.4. The Kier molecular flexibility index (Phi) is 6.62. The molecule has 1 atom stereocenters. The van der Waals surface area contributed by atoms with Gasteiger partial charge in [0.2, 0.25) is 5.91 Å². The number of hydrogen-bond donors (Lipinski definition) is 4. The highest BCUT2D eigenvalue weighted by Gasteiger charge is 2.33. The molecule has 0 radical (unpaired) electrons. The Morgan fingerprint density at radius 1 is 1.25 bits per heavy atom. The molecule has 0 bridgehead atoms. The second kappa shape index (κ2) is 8.74. The zero-order valence-corrected chi connectivity index (χ0v) is 14.8. The number of nitrogens with zero attached hydrogens (tertiary/aromatic N) is 1. The summed E-state index contributed by atoms with van der Waals surface area (Å²) in [5.74, 6) is -2.15. The summed E-state index contributed by atoms with van der Waals surface area (Å²) in [6.45, 7) is -2.02. The van der Waals surface area contributed by atoms with Gasteiger partial charge in [-0.1, -0.05) is 30.3 Å². The fraction of sp³-hybridized carbons (Fsp3) is 0.353. The third-order valence-electron chi connectivity index (χ3n) is 3.84. The van der Waals surface area contributed by atoms with Gasteiger partial charge < -0.3 is 21.1 Å². The molecule has 28 heavy (non-hydrogen) atoms. The van der Waals surface area contributed by atoms with Gasteiger partial charge >= 0.3 is 18.2 Å². The lowest BCUT2D eigenvalue weighted by Gasteiger charge is -2.30. The Bertz CT molecular complexity index is 780. The predicted molar refractivity (Wildman–Crippen MR) is 92.1 cm³/mol. The number of carbonyl (C=O) groups excluding carboxylic acids is 2. The minimum Gasteiger partial charge on any atom is -0.478 e. The maximum atomic E-state index is 12.2. The second-order valence-electron chi connectivity index (χ2n) is 6.20. The lowest BCUT2D eigenvalue weighted by molar-refractivity contribution is -0.138. The molecule has 8 nitrogen and oxygen atoms in total. The molecule has 2 rings (SSSR count). The first kappa shape index (κ1) is 21.2. The SMILES string of the molecule is CN(CC(=O)NCC(F)(F)F)CC1=C(C(=O)O)C(c2ccccc2)NC(=O)N1. The van der Waals surface area contributed by atoms with E-state index in [1.54, 1.807) is 35.6 Å². The normalized spacial score (nSPS) is 17.2. The number of carboxylic acids is 1. The van der Waals surface area contributed by atoms with Crippen molar-refractivity contribution >= 4 is 17.9 Å². The van der Waals surface area contributed by atoms with Crippen molar-refractivity contribution in [3.63, 3.8) is 0 Å². The van der Waals surface area contributed by atoms with Crippen molar-refractivity contribution in [3.05, 3.63) is 47.2 Å². The number of benzene rings is 1. The molecule has 1 aromatic rings. The molecule has 11 heteroatoms. The number of aliphatic carboxylic acids is 1. The van der Waals surface area contributed by atoms with Crippen LogP contribution in [0.2, 0.25) is 0 Å². The van der Waals surface area contributed by atoms with E-state index >= 15 is 0 Å². The van der Waals surface area contributed by atoms with Crippen LogP contribution in [0.5, 0.6) is 0 Å². The van der Waals surface area contributed by atoms with Crippen molar-refractivity contribution in [1.29, 1.82) is 0 Å². The van der Waals surface area contributed by atoms with Gasteiger partial charge in [-0.15, -0.1) is 0 Å². The molecular weight excluding hydrogens is 381 g/mol. The average molecular weight is 400 g/mol. The third-order valence-corrected chi connectivity index (χ3v) is 3.84. The molecule has 1 heterocycles. The molecule has 0 saturated heterocycles. The van der Waals surface area contributed by atoms with Gasteiger partial charge in [0.15, 0.2) is 0 Å². The minimum absolute atomic E-state index is 0.0521. The highest BCUT2D eigenvalue weighted by molar-refractivity contribution is 5.94. The summed E-state index contributed by atoms with van der Waals surface area (Å²) in [6.07, 6.45) is -4.53. The smallest absolute Gasteiger partial charge is 0.405 e. The molecule has 1 aliphatic heterocycles. The maximum absolute atomic E-state index is 12.2. The first-order valence-corrected chi connectivity index (χ1v) is 8.17. The lowest BCUT2D eigenvalue weighted by atomic mass is 9.95. The van der Waals surface area contributed by atoms with Gasteiger partial charge in [0.05, 0.1) is 18.2 Å². The largest absolute Gasteiger partial charge is 0.478 e. The van der Waals surface area contributed by atoms with E-state index in [0.717, 1.165) is 0 Å². The molecule has 3 amide bonds. The van der Waals surface area contributed by atoms with E-state index in [1.807, 2.05) is 0 Å². The van der Waals surface area contributed by atoms with Crippen molar-refractivity contribution in [3.8, 4) is 0 Å². The number of carbonyl (C=O) groups is 3. The van der Waals surface area contributed by atoms with Gasteiger partial charge in [-0.3, -0.25) is 9.69 Å². The Morgan fingerprint density at radius 3 is 2.46 bits per heavy atom. The molecular formula is C17H19F3N4O4. The number of amides is 3. The molecule has 0 saturated carbocycles. The summed E-state index contributed by atoms with van der Waals surface area (Å²) in [5, 5.41) is 16.3. The monoisotopic (exact) mass is 400 g/mol. The second-order valence-corrected chi connectivity index (χ2v) is 6.20. The number of halogens is 3. The van der Waals surface area contributed by atoms with E-state index in [4.69, 9.17) is 0 Å². The molecule has 4 N–H and O–H groups in total. The van der Waals surface area contributed by atoms with Crippen molar-refractivity contribution in [2.75, 3.05) is 26.7 Å². The molecule has 1 aliphatic rings. The van der Waals surface area contributed by atoms with Crippen LogP contribution in [0.1, 0.15) is 11.6 Å². The summed E-state index contributed by atoms with van der Waals surface area (Å²) in [7, 11) is 1.42. The van der Waals surface area contributed by atoms with E-state index in [-0.39, 0.29) is 17.8 Å². The van der Waals surface area contributed by atoms with Gasteiger partial charge in [-0.2, -0.15) is 13.2 Å². The summed E-state index contributed by atoms with van der Waals surface area (Å²) >= 11 is 0. The van der Waals surface area contributed by atoms with Gasteiger partial charge in [-0.05, 0) is 12.6 Å². The molecule has 152 valence electrons. The molecule has 1 unspecified atom stereocenters. The lowest BCUT2D eigenvalue weighted by Crippen LogP contribution is -2.48. The third kappa shape index (κ3) is 5.98. The Labute approximate surface area is 158 Å². The van der Waals surface area contributed by atoms with E-state index in [2.05, 4.69) is 10.6 Å². The average Bonchev–Trinajstić information content (AvgIpc) is 2.59. The van der Waals surface area contributed by atoms with Crippen LogP contribution in [-0.2, 0) is 9.59 Å². The van der Waals surface area contributed by atoms with E-state index in [0.29, 0.717) is 5.56 Å². The summed E-state index contributed by atoms with van der Waals surface area (Å²) in [4.78, 5) is 36.7. The van der Waals surface area contributed by atoms with Gasteiger partial charge in [0.25, 0.3) is 0 Å².